The molecule has 0 heterocycles. The first-order valence-electron chi connectivity index (χ1n) is 12.7. The molecule has 0 aliphatic heterocycles. The maximum absolute atomic E-state index is 7.47. The van der Waals surface area contributed by atoms with Gasteiger partial charge in [0.15, 0.2) is 22.4 Å². The lowest BCUT2D eigenvalue weighted by molar-refractivity contribution is -0.171. The molecule has 0 saturated heterocycles. The van der Waals surface area contributed by atoms with Gasteiger partial charge in [-0.05, 0) is 56.0 Å². The third kappa shape index (κ3) is 5.18. The molecule has 0 aromatic heterocycles. The van der Waals surface area contributed by atoms with Gasteiger partial charge in [-0.25, -0.2) is 0 Å². The van der Waals surface area contributed by atoms with Crippen molar-refractivity contribution in [1.29, 1.82) is 0 Å². The van der Waals surface area contributed by atoms with Crippen molar-refractivity contribution in [3.63, 3.8) is 0 Å². The number of benzene rings is 4. The van der Waals surface area contributed by atoms with Gasteiger partial charge in [0.1, 0.15) is 5.41 Å². The first-order chi connectivity index (χ1) is 17.1. The summed E-state index contributed by atoms with van der Waals surface area (Å²) < 4.78 is 14.9. The van der Waals surface area contributed by atoms with Crippen LogP contribution in [-0.2, 0) is 20.1 Å². The van der Waals surface area contributed by atoms with Crippen molar-refractivity contribution in [2.24, 2.45) is 0 Å². The summed E-state index contributed by atoms with van der Waals surface area (Å²) in [6.45, 7) is 13.5. The maximum atomic E-state index is 7.47. The Hall–Kier alpha value is -2.77. The molecule has 0 bridgehead atoms. The lowest BCUT2D eigenvalue weighted by Gasteiger charge is -2.55. The Kier molecular flexibility index (Phi) is 7.53. The number of hydrogen-bond donors (Lipinski definition) is 0. The summed E-state index contributed by atoms with van der Waals surface area (Å²) in [4.78, 5) is 0. The lowest BCUT2D eigenvalue weighted by atomic mass is 9.62. The van der Waals surface area contributed by atoms with Gasteiger partial charge in [0.25, 0.3) is 0 Å². The molecular formula is C32H38O2Si2. The maximum Gasteiger partial charge on any atom is 0.194 e. The lowest BCUT2D eigenvalue weighted by Crippen LogP contribution is -2.61. The monoisotopic (exact) mass is 510 g/mol. The zero-order valence-corrected chi connectivity index (χ0v) is 24.4. The fourth-order valence-electron chi connectivity index (χ4n) is 5.16. The Morgan fingerprint density at radius 2 is 0.639 bits per heavy atom. The van der Waals surface area contributed by atoms with Gasteiger partial charge in [0.2, 0.25) is 0 Å². The predicted molar refractivity (Wildman–Crippen MR) is 156 cm³/mol. The van der Waals surface area contributed by atoms with Crippen LogP contribution < -0.4 is 0 Å². The first-order valence-corrected chi connectivity index (χ1v) is 19.5. The molecule has 4 heteroatoms. The fourth-order valence-corrected chi connectivity index (χ4v) is 7.60. The van der Waals surface area contributed by atoms with Gasteiger partial charge in [0.05, 0.1) is 0 Å². The Labute approximate surface area is 219 Å². The second kappa shape index (κ2) is 10.3. The van der Waals surface area contributed by atoms with Gasteiger partial charge >= 0.3 is 0 Å². The molecule has 0 amide bonds. The van der Waals surface area contributed by atoms with Crippen LogP contribution in [0, 0.1) is 0 Å². The van der Waals surface area contributed by atoms with E-state index < -0.39 is 27.8 Å². The minimum atomic E-state index is -2.19. The fraction of sp³-hybridized carbons (Fsp3) is 0.250. The van der Waals surface area contributed by atoms with E-state index in [-0.39, 0.29) is 0 Å². The molecule has 0 atom stereocenters. The van der Waals surface area contributed by atoms with Crippen LogP contribution in [0.4, 0.5) is 0 Å². The highest BCUT2D eigenvalue weighted by atomic mass is 28.4. The summed E-state index contributed by atoms with van der Waals surface area (Å²) in [5.41, 5.74) is 3.69. The van der Waals surface area contributed by atoms with Crippen molar-refractivity contribution in [3.8, 4) is 0 Å². The summed E-state index contributed by atoms with van der Waals surface area (Å²) in [5, 5.41) is 0. The quantitative estimate of drug-likeness (QED) is 0.127. The SMILES string of the molecule is C[Si](C)(C)OC(O[Si](C)(C)C)(c1ccccc1)C(c1ccccc1)(c1ccccc1)c1ccccc1. The second-order valence-corrected chi connectivity index (χ2v) is 20.1. The summed E-state index contributed by atoms with van der Waals surface area (Å²) in [6.07, 6.45) is 0. The zero-order chi connectivity index (χ0) is 25.9. The van der Waals surface area contributed by atoms with Crippen molar-refractivity contribution >= 4 is 16.6 Å². The van der Waals surface area contributed by atoms with Crippen LogP contribution in [0.3, 0.4) is 0 Å². The second-order valence-electron chi connectivity index (χ2n) is 11.3. The van der Waals surface area contributed by atoms with E-state index in [1.807, 2.05) is 0 Å². The highest BCUT2D eigenvalue weighted by Crippen LogP contribution is 2.56. The van der Waals surface area contributed by atoms with E-state index in [9.17, 15) is 0 Å². The van der Waals surface area contributed by atoms with Gasteiger partial charge in [-0.2, -0.15) is 0 Å². The van der Waals surface area contributed by atoms with E-state index in [1.54, 1.807) is 0 Å². The van der Waals surface area contributed by atoms with E-state index >= 15 is 0 Å². The van der Waals surface area contributed by atoms with E-state index in [0.717, 1.165) is 22.3 Å². The molecule has 0 unspecified atom stereocenters. The Bertz CT molecular complexity index is 1120. The average molecular weight is 511 g/mol. The Balaban J connectivity index is 2.28. The molecule has 0 saturated carbocycles. The van der Waals surface area contributed by atoms with Crippen LogP contribution in [0.5, 0.6) is 0 Å². The molecule has 2 nitrogen and oxygen atoms in total. The molecule has 4 aromatic rings. The van der Waals surface area contributed by atoms with Crippen LogP contribution in [0.25, 0.3) is 0 Å². The minimum Gasteiger partial charge on any atom is -0.387 e. The third-order valence-electron chi connectivity index (χ3n) is 6.17. The highest BCUT2D eigenvalue weighted by molar-refractivity contribution is 6.71. The van der Waals surface area contributed by atoms with Crippen LogP contribution >= 0.6 is 0 Å². The Morgan fingerprint density at radius 1 is 0.389 bits per heavy atom. The van der Waals surface area contributed by atoms with Gasteiger partial charge < -0.3 is 8.85 Å². The summed E-state index contributed by atoms with van der Waals surface area (Å²) >= 11 is 0. The molecule has 36 heavy (non-hydrogen) atoms. The van der Waals surface area contributed by atoms with E-state index in [4.69, 9.17) is 8.85 Å². The molecular weight excluding hydrogens is 473 g/mol. The molecule has 4 aromatic carbocycles. The number of hydrogen-bond acceptors (Lipinski definition) is 2. The van der Waals surface area contributed by atoms with Crippen molar-refractivity contribution in [1.82, 2.24) is 0 Å². The van der Waals surface area contributed by atoms with Gasteiger partial charge in [-0.3, -0.25) is 0 Å². The topological polar surface area (TPSA) is 18.5 Å². The molecule has 186 valence electrons. The van der Waals surface area contributed by atoms with Crippen LogP contribution in [-0.4, -0.2) is 16.6 Å². The summed E-state index contributed by atoms with van der Waals surface area (Å²) in [5.74, 6) is -1.09. The van der Waals surface area contributed by atoms with Gasteiger partial charge in [-0.15, -0.1) is 0 Å². The third-order valence-corrected chi connectivity index (χ3v) is 7.97. The molecule has 0 spiro atoms. The van der Waals surface area contributed by atoms with Crippen LogP contribution in [0.15, 0.2) is 121 Å². The van der Waals surface area contributed by atoms with E-state index in [0.29, 0.717) is 0 Å². The highest BCUT2D eigenvalue weighted by Gasteiger charge is 2.60. The zero-order valence-electron chi connectivity index (χ0n) is 22.4. The molecule has 0 aliphatic rings. The normalized spacial score (nSPS) is 12.9. The molecule has 0 N–H and O–H groups in total. The van der Waals surface area contributed by atoms with Crippen molar-refractivity contribution in [2.45, 2.75) is 50.5 Å². The van der Waals surface area contributed by atoms with Gasteiger partial charge in [0, 0.05) is 5.56 Å². The molecule has 0 aliphatic carbocycles. The van der Waals surface area contributed by atoms with Crippen LogP contribution in [0.1, 0.15) is 22.3 Å². The average Bonchev–Trinajstić information content (AvgIpc) is 2.85. The summed E-state index contributed by atoms with van der Waals surface area (Å²) in [7, 11) is -4.37. The smallest absolute Gasteiger partial charge is 0.194 e. The van der Waals surface area contributed by atoms with Gasteiger partial charge in [-0.1, -0.05) is 121 Å². The standard InChI is InChI=1S/C32H38O2Si2/c1-35(2,3)33-32(34-36(4,5)6,30-25-17-10-18-26-30)31(27-19-11-7-12-20-27,28-21-13-8-14-22-28)29-23-15-9-16-24-29/h7-26H,1-6H3. The van der Waals surface area contributed by atoms with Crippen LogP contribution in [0.2, 0.25) is 39.3 Å². The summed E-state index contributed by atoms with van der Waals surface area (Å²) in [6, 6.07) is 42.9. The van der Waals surface area contributed by atoms with E-state index in [1.165, 1.54) is 0 Å². The predicted octanol–water partition coefficient (Wildman–Crippen LogP) is 8.58. The number of rotatable bonds is 9. The Morgan fingerprint density at radius 3 is 0.889 bits per heavy atom. The van der Waals surface area contributed by atoms with E-state index in [2.05, 4.69) is 161 Å². The van der Waals surface area contributed by atoms with Crippen molar-refractivity contribution in [3.05, 3.63) is 144 Å². The molecule has 0 fully saturated rings. The van der Waals surface area contributed by atoms with Crippen molar-refractivity contribution < 1.29 is 8.85 Å². The molecule has 0 radical (unpaired) electrons. The first kappa shape index (κ1) is 26.3. The minimum absolute atomic E-state index is 0.765. The largest absolute Gasteiger partial charge is 0.387 e. The van der Waals surface area contributed by atoms with Crippen molar-refractivity contribution in [2.75, 3.05) is 0 Å². The molecule has 4 rings (SSSR count).